The van der Waals surface area contributed by atoms with Gasteiger partial charge in [-0.1, -0.05) is 23.7 Å². The molecule has 0 aliphatic carbocycles. The molecule has 27 heavy (non-hydrogen) atoms. The van der Waals surface area contributed by atoms with Gasteiger partial charge in [-0.05, 0) is 42.5 Å². The third-order valence-corrected chi connectivity index (χ3v) is 3.97. The van der Waals surface area contributed by atoms with Crippen molar-refractivity contribution in [3.8, 4) is 11.5 Å². The number of ether oxygens (including phenoxy) is 2. The summed E-state index contributed by atoms with van der Waals surface area (Å²) < 4.78 is 10.3. The van der Waals surface area contributed by atoms with Crippen LogP contribution in [0.4, 0.5) is 17.2 Å². The fraction of sp³-hybridized carbons (Fsp3) is 0.105. The monoisotopic (exact) mass is 384 g/mol. The lowest BCUT2D eigenvalue weighted by Gasteiger charge is -2.10. The highest BCUT2D eigenvalue weighted by Crippen LogP contribution is 2.28. The van der Waals surface area contributed by atoms with Crippen LogP contribution < -0.4 is 20.1 Å². The molecule has 7 nitrogen and oxygen atoms in total. The summed E-state index contributed by atoms with van der Waals surface area (Å²) in [7, 11) is 3.09. The number of halogens is 1. The molecule has 3 aromatic rings. The van der Waals surface area contributed by atoms with E-state index >= 15 is 0 Å². The highest BCUT2D eigenvalue weighted by molar-refractivity contribution is 6.32. The normalized spacial score (nSPS) is 10.2. The summed E-state index contributed by atoms with van der Waals surface area (Å²) >= 11 is 6.10. The van der Waals surface area contributed by atoms with E-state index in [1.54, 1.807) is 55.6 Å². The number of aromatic nitrogens is 2. The molecule has 0 radical (unpaired) electrons. The molecule has 138 valence electrons. The first kappa shape index (κ1) is 18.5. The minimum atomic E-state index is -0.383. The number of nitrogens with one attached hydrogen (secondary N) is 2. The van der Waals surface area contributed by atoms with E-state index in [1.807, 2.05) is 6.07 Å². The number of hydrogen-bond donors (Lipinski definition) is 2. The maximum atomic E-state index is 12.3. The van der Waals surface area contributed by atoms with Crippen molar-refractivity contribution in [1.82, 2.24) is 10.2 Å². The molecular weight excluding hydrogens is 368 g/mol. The van der Waals surface area contributed by atoms with Gasteiger partial charge in [0, 0.05) is 5.69 Å². The van der Waals surface area contributed by atoms with Gasteiger partial charge in [0.25, 0.3) is 5.91 Å². The Labute approximate surface area is 161 Å². The quantitative estimate of drug-likeness (QED) is 0.664. The average molecular weight is 385 g/mol. The third-order valence-electron chi connectivity index (χ3n) is 3.68. The number of nitrogens with zero attached hydrogens (tertiary/aromatic N) is 2. The molecule has 0 saturated carbocycles. The summed E-state index contributed by atoms with van der Waals surface area (Å²) in [5.41, 5.74) is 1.46. The van der Waals surface area contributed by atoms with Crippen LogP contribution in [0, 0.1) is 0 Å². The first-order valence-electron chi connectivity index (χ1n) is 7.99. The number of anilines is 3. The van der Waals surface area contributed by atoms with Crippen molar-refractivity contribution >= 4 is 34.7 Å². The number of rotatable bonds is 6. The van der Waals surface area contributed by atoms with Gasteiger partial charge < -0.3 is 20.1 Å². The second-order valence-corrected chi connectivity index (χ2v) is 5.84. The smallest absolute Gasteiger partial charge is 0.276 e. The molecule has 3 rings (SSSR count). The van der Waals surface area contributed by atoms with Crippen molar-refractivity contribution in [2.45, 2.75) is 0 Å². The van der Waals surface area contributed by atoms with Gasteiger partial charge in [-0.15, -0.1) is 10.2 Å². The van der Waals surface area contributed by atoms with Crippen LogP contribution in [0.5, 0.6) is 11.5 Å². The highest BCUT2D eigenvalue weighted by atomic mass is 35.5. The van der Waals surface area contributed by atoms with Gasteiger partial charge in [0.2, 0.25) is 0 Å². The minimum absolute atomic E-state index is 0.180. The summed E-state index contributed by atoms with van der Waals surface area (Å²) in [5, 5.41) is 14.3. The number of benzene rings is 2. The molecule has 0 fully saturated rings. The van der Waals surface area contributed by atoms with E-state index < -0.39 is 0 Å². The molecule has 1 amide bonds. The molecule has 0 bridgehead atoms. The van der Waals surface area contributed by atoms with Crippen LogP contribution in [0.15, 0.2) is 54.6 Å². The second-order valence-electron chi connectivity index (χ2n) is 5.43. The molecule has 1 aromatic heterocycles. The van der Waals surface area contributed by atoms with E-state index in [2.05, 4.69) is 20.8 Å². The van der Waals surface area contributed by atoms with Gasteiger partial charge in [-0.2, -0.15) is 0 Å². The Balaban J connectivity index is 1.69. The first-order valence-corrected chi connectivity index (χ1v) is 8.37. The Hall–Kier alpha value is -3.32. The lowest BCUT2D eigenvalue weighted by Crippen LogP contribution is -2.15. The summed E-state index contributed by atoms with van der Waals surface area (Å²) in [6.45, 7) is 0. The maximum absolute atomic E-state index is 12.3. The fourth-order valence-electron chi connectivity index (χ4n) is 2.35. The Morgan fingerprint density at radius 2 is 1.74 bits per heavy atom. The van der Waals surface area contributed by atoms with Gasteiger partial charge in [-0.25, -0.2) is 0 Å². The molecule has 0 unspecified atom stereocenters. The van der Waals surface area contributed by atoms with Crippen molar-refractivity contribution in [3.05, 3.63) is 65.3 Å². The van der Waals surface area contributed by atoms with E-state index in [0.29, 0.717) is 28.0 Å². The molecule has 8 heteroatoms. The predicted octanol–water partition coefficient (Wildman–Crippen LogP) is 4.14. The van der Waals surface area contributed by atoms with Gasteiger partial charge in [0.05, 0.1) is 24.9 Å². The predicted molar refractivity (Wildman–Crippen MR) is 104 cm³/mol. The number of amides is 1. The standard InChI is InChI=1S/C19H17ClN4O3/c1-26-16-9-7-12(11-13(16)20)21-18-10-8-15(23-24-18)19(25)22-14-5-3-4-6-17(14)27-2/h3-11H,1-2H3,(H,21,24)(H,22,25). The molecule has 0 spiro atoms. The zero-order valence-electron chi connectivity index (χ0n) is 14.7. The van der Waals surface area contributed by atoms with E-state index in [4.69, 9.17) is 21.1 Å². The van der Waals surface area contributed by atoms with Gasteiger partial charge in [-0.3, -0.25) is 4.79 Å². The molecule has 1 heterocycles. The van der Waals surface area contributed by atoms with Crippen LogP contribution in [-0.2, 0) is 0 Å². The second kappa shape index (κ2) is 8.37. The van der Waals surface area contributed by atoms with Gasteiger partial charge >= 0.3 is 0 Å². The number of para-hydroxylation sites is 2. The fourth-order valence-corrected chi connectivity index (χ4v) is 2.60. The van der Waals surface area contributed by atoms with Gasteiger partial charge in [0.15, 0.2) is 11.5 Å². The number of carbonyl (C=O) groups is 1. The lowest BCUT2D eigenvalue weighted by atomic mass is 10.2. The van der Waals surface area contributed by atoms with Crippen molar-refractivity contribution in [3.63, 3.8) is 0 Å². The lowest BCUT2D eigenvalue weighted by molar-refractivity contribution is 0.102. The molecule has 0 saturated heterocycles. The number of hydrogen-bond acceptors (Lipinski definition) is 6. The Morgan fingerprint density at radius 3 is 2.41 bits per heavy atom. The van der Waals surface area contributed by atoms with Crippen molar-refractivity contribution in [2.24, 2.45) is 0 Å². The molecule has 0 atom stereocenters. The van der Waals surface area contributed by atoms with Crippen LogP contribution in [0.1, 0.15) is 10.5 Å². The van der Waals surface area contributed by atoms with Crippen molar-refractivity contribution < 1.29 is 14.3 Å². The summed E-state index contributed by atoms with van der Waals surface area (Å²) in [5.74, 6) is 1.24. The van der Waals surface area contributed by atoms with Crippen LogP contribution in [0.3, 0.4) is 0 Å². The Bertz CT molecular complexity index is 948. The number of carbonyl (C=O) groups excluding carboxylic acids is 1. The minimum Gasteiger partial charge on any atom is -0.495 e. The highest BCUT2D eigenvalue weighted by Gasteiger charge is 2.11. The average Bonchev–Trinajstić information content (AvgIpc) is 2.69. The van der Waals surface area contributed by atoms with Gasteiger partial charge in [0.1, 0.15) is 11.5 Å². The van der Waals surface area contributed by atoms with E-state index in [1.165, 1.54) is 7.11 Å². The molecule has 2 N–H and O–H groups in total. The van der Waals surface area contributed by atoms with E-state index in [0.717, 1.165) is 5.69 Å². The SMILES string of the molecule is COc1ccc(Nc2ccc(C(=O)Nc3ccccc3OC)nn2)cc1Cl. The number of methoxy groups -OCH3 is 2. The maximum Gasteiger partial charge on any atom is 0.276 e. The van der Waals surface area contributed by atoms with Crippen LogP contribution in [0.2, 0.25) is 5.02 Å². The molecule has 2 aromatic carbocycles. The zero-order valence-corrected chi connectivity index (χ0v) is 15.4. The Morgan fingerprint density at radius 1 is 0.963 bits per heavy atom. The summed E-state index contributed by atoms with van der Waals surface area (Å²) in [6, 6.07) is 15.6. The molecular formula is C19H17ClN4O3. The van der Waals surface area contributed by atoms with E-state index in [9.17, 15) is 4.79 Å². The van der Waals surface area contributed by atoms with Crippen molar-refractivity contribution in [1.29, 1.82) is 0 Å². The van der Waals surface area contributed by atoms with Crippen LogP contribution in [0.25, 0.3) is 0 Å². The molecule has 0 aliphatic rings. The topological polar surface area (TPSA) is 85.4 Å². The summed E-state index contributed by atoms with van der Waals surface area (Å²) in [4.78, 5) is 12.3. The molecule has 0 aliphatic heterocycles. The Kier molecular flexibility index (Phi) is 5.73. The zero-order chi connectivity index (χ0) is 19.2. The first-order chi connectivity index (χ1) is 13.1. The van der Waals surface area contributed by atoms with Crippen LogP contribution in [-0.4, -0.2) is 30.3 Å². The largest absolute Gasteiger partial charge is 0.495 e. The summed E-state index contributed by atoms with van der Waals surface area (Å²) in [6.07, 6.45) is 0. The van der Waals surface area contributed by atoms with Crippen molar-refractivity contribution in [2.75, 3.05) is 24.9 Å². The van der Waals surface area contributed by atoms with Crippen LogP contribution >= 0.6 is 11.6 Å². The van der Waals surface area contributed by atoms with E-state index in [-0.39, 0.29) is 11.6 Å². The third kappa shape index (κ3) is 4.45.